The van der Waals surface area contributed by atoms with Crippen molar-refractivity contribution in [2.24, 2.45) is 5.92 Å². The van der Waals surface area contributed by atoms with E-state index in [0.29, 0.717) is 48.2 Å². The molecule has 0 saturated carbocycles. The Kier molecular flexibility index (Phi) is 8.62. The van der Waals surface area contributed by atoms with E-state index in [2.05, 4.69) is 12.2 Å². The fourth-order valence-corrected chi connectivity index (χ4v) is 4.32. The number of benzene rings is 2. The second-order valence-corrected chi connectivity index (χ2v) is 8.25. The molecular weight excluding hydrogens is 436 g/mol. The predicted molar refractivity (Wildman–Crippen MR) is 129 cm³/mol. The van der Waals surface area contributed by atoms with E-state index in [1.807, 2.05) is 12.1 Å². The Morgan fingerprint density at radius 3 is 2.12 bits per heavy atom. The van der Waals surface area contributed by atoms with Gasteiger partial charge in [-0.3, -0.25) is 9.59 Å². The summed E-state index contributed by atoms with van der Waals surface area (Å²) in [5.74, 6) is 1.40. The molecule has 0 radical (unpaired) electrons. The summed E-state index contributed by atoms with van der Waals surface area (Å²) in [5.41, 5.74) is 1.41. The van der Waals surface area contributed by atoms with Crippen LogP contribution in [0.25, 0.3) is 0 Å². The largest absolute Gasteiger partial charge is 0.497 e. The van der Waals surface area contributed by atoms with Gasteiger partial charge in [0.2, 0.25) is 11.7 Å². The molecule has 2 aromatic carbocycles. The molecule has 1 aliphatic heterocycles. The molecule has 1 N–H and O–H groups in total. The predicted octanol–water partition coefficient (Wildman–Crippen LogP) is 3.49. The molecule has 0 spiro atoms. The zero-order valence-electron chi connectivity index (χ0n) is 20.6. The second kappa shape index (κ2) is 11.6. The first-order chi connectivity index (χ1) is 16.5. The summed E-state index contributed by atoms with van der Waals surface area (Å²) in [7, 11) is 6.25. The van der Waals surface area contributed by atoms with Crippen molar-refractivity contribution < 1.29 is 28.5 Å². The first-order valence-electron chi connectivity index (χ1n) is 11.5. The molecule has 0 bridgehead atoms. The van der Waals surface area contributed by atoms with Gasteiger partial charge in [0.05, 0.1) is 34.4 Å². The third-order valence-corrected chi connectivity index (χ3v) is 6.23. The first-order valence-corrected chi connectivity index (χ1v) is 11.5. The van der Waals surface area contributed by atoms with Gasteiger partial charge in [0.1, 0.15) is 5.75 Å². The maximum atomic E-state index is 13.3. The van der Waals surface area contributed by atoms with Crippen molar-refractivity contribution >= 4 is 11.8 Å². The summed E-state index contributed by atoms with van der Waals surface area (Å²) in [6.45, 7) is 3.41. The van der Waals surface area contributed by atoms with E-state index >= 15 is 0 Å². The molecule has 2 atom stereocenters. The number of hydrogen-bond acceptors (Lipinski definition) is 6. The van der Waals surface area contributed by atoms with Crippen molar-refractivity contribution in [1.29, 1.82) is 0 Å². The summed E-state index contributed by atoms with van der Waals surface area (Å²) < 4.78 is 21.7. The number of amides is 2. The number of rotatable bonds is 10. The van der Waals surface area contributed by atoms with Crippen LogP contribution in [0.4, 0.5) is 0 Å². The Bertz CT molecular complexity index is 966. The van der Waals surface area contributed by atoms with Gasteiger partial charge in [0.15, 0.2) is 11.5 Å². The normalized spacial score (nSPS) is 17.3. The fourth-order valence-electron chi connectivity index (χ4n) is 4.32. The van der Waals surface area contributed by atoms with Gasteiger partial charge in [-0.05, 0) is 48.4 Å². The minimum Gasteiger partial charge on any atom is -0.497 e. The van der Waals surface area contributed by atoms with Crippen LogP contribution in [0.15, 0.2) is 36.4 Å². The molecule has 1 heterocycles. The Balaban J connectivity index is 1.93. The monoisotopic (exact) mass is 470 g/mol. The fraction of sp³-hybridized carbons (Fsp3) is 0.462. The van der Waals surface area contributed by atoms with Crippen LogP contribution in [0.5, 0.6) is 23.0 Å². The zero-order valence-corrected chi connectivity index (χ0v) is 20.6. The van der Waals surface area contributed by atoms with Gasteiger partial charge in [-0.2, -0.15) is 0 Å². The van der Waals surface area contributed by atoms with Gasteiger partial charge in [-0.25, -0.2) is 0 Å². The molecule has 0 unspecified atom stereocenters. The van der Waals surface area contributed by atoms with Crippen molar-refractivity contribution in [3.8, 4) is 23.0 Å². The molecule has 2 amide bonds. The summed E-state index contributed by atoms with van der Waals surface area (Å²) >= 11 is 0. The van der Waals surface area contributed by atoms with E-state index in [4.69, 9.17) is 18.9 Å². The number of carbonyl (C=O) groups is 2. The molecule has 3 rings (SSSR count). The number of methoxy groups -OCH3 is 4. The van der Waals surface area contributed by atoms with Crippen LogP contribution in [-0.4, -0.2) is 64.8 Å². The van der Waals surface area contributed by atoms with Crippen molar-refractivity contribution in [3.63, 3.8) is 0 Å². The molecule has 2 aromatic rings. The lowest BCUT2D eigenvalue weighted by Gasteiger charge is -2.21. The lowest BCUT2D eigenvalue weighted by Crippen LogP contribution is -2.36. The highest BCUT2D eigenvalue weighted by Gasteiger charge is 2.41. The van der Waals surface area contributed by atoms with E-state index in [1.165, 1.54) is 0 Å². The topological polar surface area (TPSA) is 86.3 Å². The van der Waals surface area contributed by atoms with Gasteiger partial charge < -0.3 is 29.2 Å². The molecule has 1 fully saturated rings. The van der Waals surface area contributed by atoms with Crippen LogP contribution in [-0.2, 0) is 4.79 Å². The Morgan fingerprint density at radius 1 is 0.941 bits per heavy atom. The van der Waals surface area contributed by atoms with E-state index < -0.39 is 5.92 Å². The number of nitrogens with zero attached hydrogens (tertiary/aromatic N) is 1. The van der Waals surface area contributed by atoms with E-state index in [1.54, 1.807) is 57.6 Å². The zero-order chi connectivity index (χ0) is 24.7. The molecule has 0 aliphatic carbocycles. The van der Waals surface area contributed by atoms with Crippen LogP contribution in [0.2, 0.25) is 0 Å². The van der Waals surface area contributed by atoms with E-state index in [9.17, 15) is 9.59 Å². The first kappa shape index (κ1) is 25.2. The maximum Gasteiger partial charge on any atom is 0.253 e. The van der Waals surface area contributed by atoms with Gasteiger partial charge >= 0.3 is 0 Å². The molecule has 34 heavy (non-hydrogen) atoms. The van der Waals surface area contributed by atoms with Gasteiger partial charge in [0.25, 0.3) is 5.91 Å². The number of hydrogen-bond donors (Lipinski definition) is 1. The standard InChI is InChI=1S/C26H34N2O6/c1-6-7-12-27-25(29)21-16-28(26(30)17-8-10-19(31-2)11-9-17)15-20(21)18-13-22(32-3)24(34-5)23(14-18)33-4/h8-11,13-14,20-21H,6-7,12,15-16H2,1-5H3,(H,27,29)/t20-,21-/m0/s1. The van der Waals surface area contributed by atoms with Crippen LogP contribution in [0.1, 0.15) is 41.6 Å². The lowest BCUT2D eigenvalue weighted by molar-refractivity contribution is -0.124. The van der Waals surface area contributed by atoms with Gasteiger partial charge in [0, 0.05) is 31.1 Å². The highest BCUT2D eigenvalue weighted by molar-refractivity contribution is 5.95. The van der Waals surface area contributed by atoms with E-state index in [-0.39, 0.29) is 17.7 Å². The molecule has 0 aromatic heterocycles. The Labute approximate surface area is 201 Å². The highest BCUT2D eigenvalue weighted by Crippen LogP contribution is 2.43. The summed E-state index contributed by atoms with van der Waals surface area (Å²) in [5, 5.41) is 3.04. The van der Waals surface area contributed by atoms with Crippen LogP contribution >= 0.6 is 0 Å². The second-order valence-electron chi connectivity index (χ2n) is 8.25. The molecule has 8 heteroatoms. The molecule has 1 aliphatic rings. The summed E-state index contributed by atoms with van der Waals surface area (Å²) in [4.78, 5) is 28.2. The smallest absolute Gasteiger partial charge is 0.253 e. The maximum absolute atomic E-state index is 13.3. The van der Waals surface area contributed by atoms with Gasteiger partial charge in [-0.1, -0.05) is 13.3 Å². The van der Waals surface area contributed by atoms with Crippen LogP contribution in [0.3, 0.4) is 0 Å². The SMILES string of the molecule is CCCCNC(=O)[C@H]1CN(C(=O)c2ccc(OC)cc2)C[C@H]1c1cc(OC)c(OC)c(OC)c1. The van der Waals surface area contributed by atoms with Gasteiger partial charge in [-0.15, -0.1) is 0 Å². The van der Waals surface area contributed by atoms with Crippen LogP contribution < -0.4 is 24.3 Å². The minimum atomic E-state index is -0.401. The third kappa shape index (κ3) is 5.38. The quantitative estimate of drug-likeness (QED) is 0.535. The number of ether oxygens (including phenoxy) is 4. The molecular formula is C26H34N2O6. The Hall–Kier alpha value is -3.42. The number of unbranched alkanes of at least 4 members (excludes halogenated alkanes) is 1. The van der Waals surface area contributed by atoms with Crippen molar-refractivity contribution in [2.45, 2.75) is 25.7 Å². The van der Waals surface area contributed by atoms with Crippen molar-refractivity contribution in [1.82, 2.24) is 10.2 Å². The molecule has 1 saturated heterocycles. The minimum absolute atomic E-state index is 0.0581. The molecule has 8 nitrogen and oxygen atoms in total. The highest BCUT2D eigenvalue weighted by atomic mass is 16.5. The van der Waals surface area contributed by atoms with Crippen molar-refractivity contribution in [3.05, 3.63) is 47.5 Å². The average Bonchev–Trinajstić information content (AvgIpc) is 3.33. The third-order valence-electron chi connectivity index (χ3n) is 6.23. The van der Waals surface area contributed by atoms with Crippen molar-refractivity contribution in [2.75, 3.05) is 48.1 Å². The summed E-state index contributed by atoms with van der Waals surface area (Å²) in [6, 6.07) is 10.7. The number of likely N-dealkylation sites (tertiary alicyclic amines) is 1. The van der Waals surface area contributed by atoms with Crippen LogP contribution in [0, 0.1) is 5.92 Å². The molecule has 184 valence electrons. The average molecular weight is 471 g/mol. The Morgan fingerprint density at radius 2 is 1.59 bits per heavy atom. The lowest BCUT2D eigenvalue weighted by atomic mass is 9.88. The number of carbonyl (C=O) groups excluding carboxylic acids is 2. The summed E-state index contributed by atoms with van der Waals surface area (Å²) in [6.07, 6.45) is 1.89. The van der Waals surface area contributed by atoms with E-state index in [0.717, 1.165) is 18.4 Å². The number of nitrogens with one attached hydrogen (secondary N) is 1.